The second-order valence-electron chi connectivity index (χ2n) is 4.94. The zero-order valence-corrected chi connectivity index (χ0v) is 11.7. The lowest BCUT2D eigenvalue weighted by Crippen LogP contribution is -2.31. The summed E-state index contributed by atoms with van der Waals surface area (Å²) in [5.41, 5.74) is 7.82. The fraction of sp³-hybridized carbons (Fsp3) is 0.438. The molecular weight excluding hydrogens is 252 g/mol. The molecule has 1 atom stereocenters. The zero-order valence-electron chi connectivity index (χ0n) is 11.7. The molecule has 0 bridgehead atoms. The number of ether oxygens (including phenoxy) is 1. The molecule has 106 valence electrons. The van der Waals surface area contributed by atoms with Gasteiger partial charge in [-0.3, -0.25) is 4.79 Å². The fourth-order valence-corrected chi connectivity index (χ4v) is 2.25. The Morgan fingerprint density at radius 2 is 2.35 bits per heavy atom. The lowest BCUT2D eigenvalue weighted by Gasteiger charge is -2.11. The average molecular weight is 272 g/mol. The highest BCUT2D eigenvalue weighted by Crippen LogP contribution is 2.12. The highest BCUT2D eigenvalue weighted by Gasteiger charge is 2.16. The highest BCUT2D eigenvalue weighted by molar-refractivity contribution is 5.94. The molecule has 0 spiro atoms. The first-order valence-electron chi connectivity index (χ1n) is 6.89. The van der Waals surface area contributed by atoms with Crippen molar-refractivity contribution < 1.29 is 9.53 Å². The number of rotatable bonds is 3. The maximum Gasteiger partial charge on any atom is 0.251 e. The third kappa shape index (κ3) is 4.09. The van der Waals surface area contributed by atoms with Crippen LogP contribution in [0.3, 0.4) is 0 Å². The molecule has 1 amide bonds. The second kappa shape index (κ2) is 7.09. The van der Waals surface area contributed by atoms with Gasteiger partial charge in [-0.1, -0.05) is 11.8 Å². The van der Waals surface area contributed by atoms with Crippen molar-refractivity contribution in [1.82, 2.24) is 5.32 Å². The van der Waals surface area contributed by atoms with Crippen LogP contribution in [0.4, 0.5) is 0 Å². The van der Waals surface area contributed by atoms with Gasteiger partial charge in [0.2, 0.25) is 0 Å². The summed E-state index contributed by atoms with van der Waals surface area (Å²) >= 11 is 0. The van der Waals surface area contributed by atoms with Crippen LogP contribution in [0.5, 0.6) is 0 Å². The number of carbonyl (C=O) groups is 1. The van der Waals surface area contributed by atoms with Crippen LogP contribution in [-0.2, 0) is 4.74 Å². The van der Waals surface area contributed by atoms with Gasteiger partial charge in [-0.2, -0.15) is 0 Å². The summed E-state index contributed by atoms with van der Waals surface area (Å²) in [6.45, 7) is 3.62. The number of nitrogens with one attached hydrogen (secondary N) is 1. The number of hydrogen-bond acceptors (Lipinski definition) is 3. The van der Waals surface area contributed by atoms with Crippen LogP contribution in [0, 0.1) is 18.8 Å². The first kappa shape index (κ1) is 14.6. The lowest BCUT2D eigenvalue weighted by atomic mass is 10.1. The first-order chi connectivity index (χ1) is 9.69. The van der Waals surface area contributed by atoms with Crippen molar-refractivity contribution in [1.29, 1.82) is 0 Å². The molecule has 1 aromatic rings. The summed E-state index contributed by atoms with van der Waals surface area (Å²) in [7, 11) is 0. The van der Waals surface area contributed by atoms with Crippen molar-refractivity contribution in [3.63, 3.8) is 0 Å². The summed E-state index contributed by atoms with van der Waals surface area (Å²) in [5.74, 6) is 5.68. The molecule has 0 aromatic heterocycles. The molecule has 3 N–H and O–H groups in total. The molecule has 0 radical (unpaired) electrons. The summed E-state index contributed by atoms with van der Waals surface area (Å²) in [5, 5.41) is 2.91. The number of amides is 1. The van der Waals surface area contributed by atoms with Gasteiger partial charge in [0.25, 0.3) is 5.91 Å². The standard InChI is InChI=1S/C16H20N2O2/c1-12-8-13(4-2-6-17)10-14(9-12)16(19)18-11-15-5-3-7-20-15/h8-10,15H,3,5-7,11,17H2,1H3,(H,18,19). The number of nitrogens with two attached hydrogens (primary N) is 1. The van der Waals surface area contributed by atoms with Crippen LogP contribution in [0.1, 0.15) is 34.3 Å². The van der Waals surface area contributed by atoms with E-state index >= 15 is 0 Å². The Bertz CT molecular complexity index is 537. The Balaban J connectivity index is 2.02. The van der Waals surface area contributed by atoms with Gasteiger partial charge in [0.05, 0.1) is 12.6 Å². The minimum absolute atomic E-state index is 0.0833. The Morgan fingerprint density at radius 3 is 3.05 bits per heavy atom. The van der Waals surface area contributed by atoms with E-state index in [0.29, 0.717) is 18.7 Å². The van der Waals surface area contributed by atoms with Crippen molar-refractivity contribution in [2.45, 2.75) is 25.9 Å². The van der Waals surface area contributed by atoms with Crippen molar-refractivity contribution in [3.8, 4) is 11.8 Å². The van der Waals surface area contributed by atoms with E-state index in [1.807, 2.05) is 19.1 Å². The van der Waals surface area contributed by atoms with Crippen molar-refractivity contribution in [3.05, 3.63) is 34.9 Å². The average Bonchev–Trinajstić information content (AvgIpc) is 2.95. The van der Waals surface area contributed by atoms with Crippen LogP contribution < -0.4 is 11.1 Å². The van der Waals surface area contributed by atoms with E-state index < -0.39 is 0 Å². The fourth-order valence-electron chi connectivity index (χ4n) is 2.25. The zero-order chi connectivity index (χ0) is 14.4. The van der Waals surface area contributed by atoms with Crippen molar-refractivity contribution in [2.75, 3.05) is 19.7 Å². The van der Waals surface area contributed by atoms with E-state index in [0.717, 1.165) is 30.6 Å². The predicted octanol–water partition coefficient (Wildman–Crippen LogP) is 1.21. The molecule has 4 heteroatoms. The monoisotopic (exact) mass is 272 g/mol. The van der Waals surface area contributed by atoms with Crippen LogP contribution in [0.2, 0.25) is 0 Å². The van der Waals surface area contributed by atoms with Gasteiger partial charge < -0.3 is 15.8 Å². The van der Waals surface area contributed by atoms with Crippen LogP contribution in [0.15, 0.2) is 18.2 Å². The molecular formula is C16H20N2O2. The topological polar surface area (TPSA) is 64.4 Å². The number of carbonyl (C=O) groups excluding carboxylic acids is 1. The van der Waals surface area contributed by atoms with Gasteiger partial charge in [0.15, 0.2) is 0 Å². The Morgan fingerprint density at radius 1 is 1.50 bits per heavy atom. The van der Waals surface area contributed by atoms with Crippen LogP contribution in [-0.4, -0.2) is 31.7 Å². The third-order valence-corrected chi connectivity index (χ3v) is 3.19. The van der Waals surface area contributed by atoms with E-state index in [-0.39, 0.29) is 12.0 Å². The van der Waals surface area contributed by atoms with Gasteiger partial charge >= 0.3 is 0 Å². The number of aryl methyl sites for hydroxylation is 1. The van der Waals surface area contributed by atoms with E-state index in [2.05, 4.69) is 17.2 Å². The van der Waals surface area contributed by atoms with Gasteiger partial charge in [0.1, 0.15) is 0 Å². The SMILES string of the molecule is Cc1cc(C#CCN)cc(C(=O)NCC2CCCO2)c1. The maximum absolute atomic E-state index is 12.1. The Hall–Kier alpha value is -1.83. The smallest absolute Gasteiger partial charge is 0.251 e. The van der Waals surface area contributed by atoms with Gasteiger partial charge in [-0.25, -0.2) is 0 Å². The number of benzene rings is 1. The van der Waals surface area contributed by atoms with E-state index in [1.54, 1.807) is 6.07 Å². The summed E-state index contributed by atoms with van der Waals surface area (Å²) in [4.78, 5) is 12.1. The van der Waals surface area contributed by atoms with Gasteiger partial charge in [-0.05, 0) is 43.5 Å². The molecule has 0 aliphatic carbocycles. The van der Waals surface area contributed by atoms with Gasteiger partial charge in [-0.15, -0.1) is 0 Å². The van der Waals surface area contributed by atoms with Crippen molar-refractivity contribution >= 4 is 5.91 Å². The molecule has 2 rings (SSSR count). The second-order valence-corrected chi connectivity index (χ2v) is 4.94. The summed E-state index contributed by atoms with van der Waals surface area (Å²) in [6, 6.07) is 5.60. The molecule has 1 fully saturated rings. The molecule has 4 nitrogen and oxygen atoms in total. The third-order valence-electron chi connectivity index (χ3n) is 3.19. The largest absolute Gasteiger partial charge is 0.376 e. The Labute approximate surface area is 119 Å². The predicted molar refractivity (Wildman–Crippen MR) is 78.4 cm³/mol. The summed E-state index contributed by atoms with van der Waals surface area (Å²) in [6.07, 6.45) is 2.24. The molecule has 1 aromatic carbocycles. The van der Waals surface area contributed by atoms with Crippen molar-refractivity contribution in [2.24, 2.45) is 5.73 Å². The number of hydrogen-bond donors (Lipinski definition) is 2. The van der Waals surface area contributed by atoms with E-state index in [9.17, 15) is 4.79 Å². The van der Waals surface area contributed by atoms with Crippen LogP contribution >= 0.6 is 0 Å². The molecule has 20 heavy (non-hydrogen) atoms. The first-order valence-corrected chi connectivity index (χ1v) is 6.89. The molecule has 1 heterocycles. The Kier molecular flexibility index (Phi) is 5.16. The quantitative estimate of drug-likeness (QED) is 0.813. The molecule has 1 aliphatic rings. The minimum Gasteiger partial charge on any atom is -0.376 e. The maximum atomic E-state index is 12.1. The molecule has 1 unspecified atom stereocenters. The van der Waals surface area contributed by atoms with E-state index in [4.69, 9.17) is 10.5 Å². The van der Waals surface area contributed by atoms with E-state index in [1.165, 1.54) is 0 Å². The molecule has 1 aliphatic heterocycles. The van der Waals surface area contributed by atoms with Crippen LogP contribution in [0.25, 0.3) is 0 Å². The lowest BCUT2D eigenvalue weighted by molar-refractivity contribution is 0.0857. The molecule has 1 saturated heterocycles. The minimum atomic E-state index is -0.0833. The summed E-state index contributed by atoms with van der Waals surface area (Å²) < 4.78 is 5.49. The highest BCUT2D eigenvalue weighted by atomic mass is 16.5. The molecule has 0 saturated carbocycles. The van der Waals surface area contributed by atoms with Gasteiger partial charge in [0, 0.05) is 24.3 Å². The normalized spacial score (nSPS) is 17.4.